The van der Waals surface area contributed by atoms with Gasteiger partial charge in [-0.2, -0.15) is 5.10 Å². The molecule has 0 spiro atoms. The highest BCUT2D eigenvalue weighted by atomic mass is 35.7. The van der Waals surface area contributed by atoms with Crippen LogP contribution in [0.25, 0.3) is 0 Å². The highest BCUT2D eigenvalue weighted by Crippen LogP contribution is 2.31. The molecule has 8 heteroatoms. The first kappa shape index (κ1) is 16.3. The highest BCUT2D eigenvalue weighted by Gasteiger charge is 2.33. The second-order valence-corrected chi connectivity index (χ2v) is 7.87. The zero-order chi connectivity index (χ0) is 15.6. The molecule has 1 amide bonds. The van der Waals surface area contributed by atoms with E-state index in [1.165, 1.54) is 0 Å². The number of H-pyrrole nitrogens is 1. The third kappa shape index (κ3) is 3.77. The fraction of sp³-hybridized carbons (Fsp3) is 0.692. The van der Waals surface area contributed by atoms with Crippen molar-refractivity contribution in [1.82, 2.24) is 15.1 Å². The molecule has 1 aliphatic carbocycles. The Balaban J connectivity index is 2.34. The van der Waals surface area contributed by atoms with Crippen LogP contribution in [0.3, 0.4) is 0 Å². The van der Waals surface area contributed by atoms with Gasteiger partial charge in [0.1, 0.15) is 4.90 Å². The maximum absolute atomic E-state index is 12.6. The summed E-state index contributed by atoms with van der Waals surface area (Å²) in [6.07, 6.45) is 3.47. The molecule has 1 aromatic rings. The quantitative estimate of drug-likeness (QED) is 0.775. The van der Waals surface area contributed by atoms with Crippen molar-refractivity contribution in [2.24, 2.45) is 5.92 Å². The summed E-state index contributed by atoms with van der Waals surface area (Å²) in [5.74, 6) is 0.167. The number of aromatic nitrogens is 2. The van der Waals surface area contributed by atoms with Crippen molar-refractivity contribution in [2.45, 2.75) is 44.4 Å². The summed E-state index contributed by atoms with van der Waals surface area (Å²) in [6.45, 7) is 5.00. The summed E-state index contributed by atoms with van der Waals surface area (Å²) in [5, 5.41) is 6.52. The van der Waals surface area contributed by atoms with Gasteiger partial charge >= 0.3 is 0 Å². The van der Waals surface area contributed by atoms with Crippen LogP contribution in [-0.2, 0) is 15.5 Å². The van der Waals surface area contributed by atoms with Gasteiger partial charge in [-0.25, -0.2) is 8.42 Å². The van der Waals surface area contributed by atoms with Crippen LogP contribution in [0.5, 0.6) is 0 Å². The van der Waals surface area contributed by atoms with E-state index in [0.717, 1.165) is 19.3 Å². The van der Waals surface area contributed by atoms with Crippen molar-refractivity contribution in [3.8, 4) is 0 Å². The average Bonchev–Trinajstić information content (AvgIpc) is 3.11. The van der Waals surface area contributed by atoms with Crippen LogP contribution in [-0.4, -0.2) is 42.5 Å². The number of nitrogens with one attached hydrogen (secondary N) is 1. The number of carbonyl (C=O) groups is 1. The van der Waals surface area contributed by atoms with E-state index >= 15 is 0 Å². The monoisotopic (exact) mass is 333 g/mol. The molecular formula is C13H20ClN3O3S. The smallest absolute Gasteiger partial charge is 0.275 e. The zero-order valence-corrected chi connectivity index (χ0v) is 13.8. The number of hydrogen-bond donors (Lipinski definition) is 1. The summed E-state index contributed by atoms with van der Waals surface area (Å²) < 4.78 is 23.5. The molecule has 1 saturated carbocycles. The van der Waals surface area contributed by atoms with Gasteiger partial charge in [0.05, 0.1) is 5.69 Å². The highest BCUT2D eigenvalue weighted by molar-refractivity contribution is 8.13. The molecule has 118 valence electrons. The number of nitrogens with zero attached hydrogens (tertiary/aromatic N) is 2. The van der Waals surface area contributed by atoms with Crippen molar-refractivity contribution in [3.05, 3.63) is 11.4 Å². The van der Waals surface area contributed by atoms with E-state index in [1.807, 2.05) is 6.92 Å². The first-order valence-electron chi connectivity index (χ1n) is 7.19. The van der Waals surface area contributed by atoms with E-state index < -0.39 is 9.05 Å². The van der Waals surface area contributed by atoms with Crippen LogP contribution in [0, 0.1) is 5.92 Å². The van der Waals surface area contributed by atoms with E-state index in [4.69, 9.17) is 10.7 Å². The fourth-order valence-electron chi connectivity index (χ4n) is 2.32. The Bertz CT molecular complexity index is 623. The lowest BCUT2D eigenvalue weighted by Crippen LogP contribution is -2.34. The van der Waals surface area contributed by atoms with Crippen LogP contribution >= 0.6 is 10.7 Å². The van der Waals surface area contributed by atoms with Crippen molar-refractivity contribution in [2.75, 3.05) is 13.1 Å². The second-order valence-electron chi connectivity index (χ2n) is 5.37. The molecule has 6 nitrogen and oxygen atoms in total. The Kier molecular flexibility index (Phi) is 4.93. The van der Waals surface area contributed by atoms with Gasteiger partial charge < -0.3 is 4.90 Å². The van der Waals surface area contributed by atoms with Crippen LogP contribution in [0.1, 0.15) is 49.3 Å². The lowest BCUT2D eigenvalue weighted by Gasteiger charge is -2.21. The van der Waals surface area contributed by atoms with Crippen molar-refractivity contribution < 1.29 is 13.2 Å². The van der Waals surface area contributed by atoms with Crippen LogP contribution in [0.2, 0.25) is 0 Å². The largest absolute Gasteiger partial charge is 0.337 e. The molecule has 0 unspecified atom stereocenters. The molecule has 0 atom stereocenters. The number of aryl methyl sites for hydroxylation is 1. The van der Waals surface area contributed by atoms with Gasteiger partial charge in [0.25, 0.3) is 15.0 Å². The number of carbonyl (C=O) groups excluding carboxylic acids is 1. The SMILES string of the molecule is CCCN(CC1CC1)C(=O)c1n[nH]c(CC)c1S(=O)(=O)Cl. The maximum Gasteiger partial charge on any atom is 0.275 e. The molecule has 0 aromatic carbocycles. The first-order chi connectivity index (χ1) is 9.88. The minimum atomic E-state index is -4.01. The summed E-state index contributed by atoms with van der Waals surface area (Å²) in [4.78, 5) is 14.1. The van der Waals surface area contributed by atoms with Gasteiger partial charge in [0.15, 0.2) is 5.69 Å². The van der Waals surface area contributed by atoms with Gasteiger partial charge in [0.2, 0.25) is 0 Å². The molecule has 21 heavy (non-hydrogen) atoms. The molecule has 0 aliphatic heterocycles. The molecule has 0 radical (unpaired) electrons. The number of aromatic amines is 1. The number of amides is 1. The molecule has 1 heterocycles. The minimum absolute atomic E-state index is 0.0871. The second kappa shape index (κ2) is 6.36. The van der Waals surface area contributed by atoms with Gasteiger partial charge in [-0.1, -0.05) is 13.8 Å². The Morgan fingerprint density at radius 2 is 2.10 bits per heavy atom. The normalized spacial score (nSPS) is 15.2. The van der Waals surface area contributed by atoms with E-state index in [0.29, 0.717) is 31.1 Å². The lowest BCUT2D eigenvalue weighted by molar-refractivity contribution is 0.0738. The standard InChI is InChI=1S/C13H20ClN3O3S/c1-3-7-17(8-9-5-6-9)13(18)11-12(21(14,19)20)10(4-2)15-16-11/h9H,3-8H2,1-2H3,(H,15,16). The van der Waals surface area contributed by atoms with Gasteiger partial charge in [-0.05, 0) is 31.6 Å². The molecule has 2 rings (SSSR count). The molecule has 1 aliphatic rings. The van der Waals surface area contributed by atoms with E-state index in [-0.39, 0.29) is 16.5 Å². The molecular weight excluding hydrogens is 314 g/mol. The molecule has 0 bridgehead atoms. The third-order valence-electron chi connectivity index (χ3n) is 3.55. The van der Waals surface area contributed by atoms with Crippen LogP contribution in [0.4, 0.5) is 0 Å². The molecule has 1 aromatic heterocycles. The molecule has 1 fully saturated rings. The maximum atomic E-state index is 12.6. The predicted molar refractivity (Wildman–Crippen MR) is 79.9 cm³/mol. The molecule has 0 saturated heterocycles. The minimum Gasteiger partial charge on any atom is -0.337 e. The summed E-state index contributed by atoms with van der Waals surface area (Å²) in [5.41, 5.74) is 0.284. The van der Waals surface area contributed by atoms with Gasteiger partial charge in [-0.3, -0.25) is 9.89 Å². The Morgan fingerprint density at radius 1 is 1.43 bits per heavy atom. The number of hydrogen-bond acceptors (Lipinski definition) is 4. The van der Waals surface area contributed by atoms with Crippen LogP contribution < -0.4 is 0 Å². The fourth-order valence-corrected chi connectivity index (χ4v) is 3.67. The third-order valence-corrected chi connectivity index (χ3v) is 4.94. The van der Waals surface area contributed by atoms with Crippen molar-refractivity contribution >= 4 is 25.6 Å². The van der Waals surface area contributed by atoms with Crippen molar-refractivity contribution in [1.29, 1.82) is 0 Å². The van der Waals surface area contributed by atoms with E-state index in [9.17, 15) is 13.2 Å². The summed E-state index contributed by atoms with van der Waals surface area (Å²) in [6, 6.07) is 0. The topological polar surface area (TPSA) is 83.1 Å². The number of halogens is 1. The zero-order valence-electron chi connectivity index (χ0n) is 12.2. The predicted octanol–water partition coefficient (Wildman–Crippen LogP) is 2.16. The summed E-state index contributed by atoms with van der Waals surface area (Å²) >= 11 is 0. The van der Waals surface area contributed by atoms with E-state index in [2.05, 4.69) is 10.2 Å². The average molecular weight is 334 g/mol. The Labute approximate surface area is 129 Å². The number of rotatable bonds is 7. The van der Waals surface area contributed by atoms with Crippen LogP contribution in [0.15, 0.2) is 4.90 Å². The van der Waals surface area contributed by atoms with Gasteiger partial charge in [-0.15, -0.1) is 0 Å². The Hall–Kier alpha value is -1.08. The lowest BCUT2D eigenvalue weighted by atomic mass is 10.2. The first-order valence-corrected chi connectivity index (χ1v) is 9.50. The van der Waals surface area contributed by atoms with Gasteiger partial charge in [0, 0.05) is 23.8 Å². The van der Waals surface area contributed by atoms with E-state index in [1.54, 1.807) is 11.8 Å². The summed E-state index contributed by atoms with van der Waals surface area (Å²) in [7, 11) is 1.47. The Morgan fingerprint density at radius 3 is 2.57 bits per heavy atom. The van der Waals surface area contributed by atoms with Crippen molar-refractivity contribution in [3.63, 3.8) is 0 Å². The molecule has 1 N–H and O–H groups in total.